The van der Waals surface area contributed by atoms with Crippen LogP contribution < -0.4 is 10.0 Å². The lowest BCUT2D eigenvalue weighted by Gasteiger charge is -2.18. The van der Waals surface area contributed by atoms with Crippen molar-refractivity contribution in [2.45, 2.75) is 37.8 Å². The molecule has 1 rings (SSSR count). The molecule has 0 fully saturated rings. The Morgan fingerprint density at radius 2 is 2.05 bits per heavy atom. The predicted octanol–water partition coefficient (Wildman–Crippen LogP) is 2.36. The van der Waals surface area contributed by atoms with E-state index in [2.05, 4.69) is 10.0 Å². The molecule has 0 aliphatic carbocycles. The molecular formula is C14H23FN2O2S2. The number of nitrogens with one attached hydrogen (secondary N) is 2. The zero-order valence-electron chi connectivity index (χ0n) is 12.6. The number of thioether (sulfide) groups is 1. The Bertz CT molecular complexity index is 550. The van der Waals surface area contributed by atoms with Crippen molar-refractivity contribution >= 4 is 21.8 Å². The third kappa shape index (κ3) is 5.58. The SMILES string of the molecule is CCNCc1ccc(F)cc1S(=O)(=O)NC(CC)CSC. The van der Waals surface area contributed by atoms with Crippen LogP contribution in [-0.2, 0) is 16.6 Å². The molecule has 0 aliphatic heterocycles. The minimum atomic E-state index is -3.72. The maximum atomic E-state index is 13.5. The van der Waals surface area contributed by atoms with E-state index in [1.54, 1.807) is 11.8 Å². The molecule has 0 aliphatic rings. The van der Waals surface area contributed by atoms with Gasteiger partial charge in [-0.25, -0.2) is 17.5 Å². The zero-order valence-corrected chi connectivity index (χ0v) is 14.3. The monoisotopic (exact) mass is 334 g/mol. The van der Waals surface area contributed by atoms with E-state index in [1.807, 2.05) is 20.1 Å². The van der Waals surface area contributed by atoms with Crippen LogP contribution in [0.4, 0.5) is 4.39 Å². The third-order valence-corrected chi connectivity index (χ3v) is 5.41. The fourth-order valence-corrected chi connectivity index (χ4v) is 4.30. The fraction of sp³-hybridized carbons (Fsp3) is 0.571. The molecule has 1 unspecified atom stereocenters. The lowest BCUT2D eigenvalue weighted by Crippen LogP contribution is -2.36. The van der Waals surface area contributed by atoms with Gasteiger partial charge in [0.25, 0.3) is 0 Å². The summed E-state index contributed by atoms with van der Waals surface area (Å²) < 4.78 is 41.1. The molecule has 0 radical (unpaired) electrons. The summed E-state index contributed by atoms with van der Waals surface area (Å²) in [5.74, 6) is 0.140. The standard InChI is InChI=1S/C14H23FN2O2S2/c1-4-13(10-20-3)17-21(18,19)14-8-12(15)7-6-11(14)9-16-5-2/h6-8,13,16-17H,4-5,9-10H2,1-3H3. The average molecular weight is 334 g/mol. The van der Waals surface area contributed by atoms with Gasteiger partial charge in [0, 0.05) is 18.3 Å². The zero-order chi connectivity index (χ0) is 15.9. The first-order valence-electron chi connectivity index (χ1n) is 6.95. The predicted molar refractivity (Wildman–Crippen MR) is 86.6 cm³/mol. The summed E-state index contributed by atoms with van der Waals surface area (Å²) in [7, 11) is -3.72. The quantitative estimate of drug-likeness (QED) is 0.728. The van der Waals surface area contributed by atoms with Crippen LogP contribution in [0.2, 0.25) is 0 Å². The van der Waals surface area contributed by atoms with Crippen molar-refractivity contribution in [1.29, 1.82) is 0 Å². The molecule has 0 saturated heterocycles. The largest absolute Gasteiger partial charge is 0.313 e. The van der Waals surface area contributed by atoms with E-state index in [4.69, 9.17) is 0 Å². The highest BCUT2D eigenvalue weighted by atomic mass is 32.2. The molecule has 120 valence electrons. The second-order valence-electron chi connectivity index (χ2n) is 4.71. The topological polar surface area (TPSA) is 58.2 Å². The molecule has 1 atom stereocenters. The van der Waals surface area contributed by atoms with Crippen LogP contribution in [0, 0.1) is 5.82 Å². The number of benzene rings is 1. The van der Waals surface area contributed by atoms with E-state index in [0.717, 1.165) is 6.07 Å². The van der Waals surface area contributed by atoms with Crippen LogP contribution >= 0.6 is 11.8 Å². The van der Waals surface area contributed by atoms with Crippen molar-refractivity contribution in [1.82, 2.24) is 10.0 Å². The summed E-state index contributed by atoms with van der Waals surface area (Å²) in [4.78, 5) is 0.0167. The van der Waals surface area contributed by atoms with Crippen molar-refractivity contribution in [3.05, 3.63) is 29.6 Å². The smallest absolute Gasteiger partial charge is 0.241 e. The average Bonchev–Trinajstić information content (AvgIpc) is 2.45. The third-order valence-electron chi connectivity index (χ3n) is 3.07. The van der Waals surface area contributed by atoms with Crippen LogP contribution in [0.3, 0.4) is 0 Å². The Morgan fingerprint density at radius 3 is 2.62 bits per heavy atom. The van der Waals surface area contributed by atoms with Crippen LogP contribution in [-0.4, -0.2) is 33.0 Å². The minimum absolute atomic E-state index is 0.0167. The summed E-state index contributed by atoms with van der Waals surface area (Å²) in [6.45, 7) is 4.97. The second kappa shape index (κ2) is 8.73. The van der Waals surface area contributed by atoms with E-state index >= 15 is 0 Å². The van der Waals surface area contributed by atoms with Gasteiger partial charge in [-0.05, 0) is 36.9 Å². The number of sulfonamides is 1. The molecule has 0 saturated carbocycles. The molecular weight excluding hydrogens is 311 g/mol. The molecule has 1 aromatic carbocycles. The molecule has 0 amide bonds. The van der Waals surface area contributed by atoms with Gasteiger partial charge < -0.3 is 5.32 Å². The van der Waals surface area contributed by atoms with Crippen LogP contribution in [0.5, 0.6) is 0 Å². The summed E-state index contributed by atoms with van der Waals surface area (Å²) in [5.41, 5.74) is 0.574. The Balaban J connectivity index is 3.07. The van der Waals surface area contributed by atoms with Gasteiger partial charge in [0.05, 0.1) is 4.90 Å². The Labute approximate surface area is 131 Å². The fourth-order valence-electron chi connectivity index (χ4n) is 1.90. The first kappa shape index (κ1) is 18.4. The van der Waals surface area contributed by atoms with Gasteiger partial charge in [-0.15, -0.1) is 0 Å². The van der Waals surface area contributed by atoms with Gasteiger partial charge in [0.15, 0.2) is 0 Å². The van der Waals surface area contributed by atoms with Crippen molar-refractivity contribution in [3.8, 4) is 0 Å². The number of hydrogen-bond acceptors (Lipinski definition) is 4. The van der Waals surface area contributed by atoms with Crippen LogP contribution in [0.1, 0.15) is 25.8 Å². The van der Waals surface area contributed by atoms with E-state index in [1.165, 1.54) is 12.1 Å². The van der Waals surface area contributed by atoms with E-state index in [0.29, 0.717) is 30.8 Å². The first-order valence-corrected chi connectivity index (χ1v) is 9.82. The molecule has 21 heavy (non-hydrogen) atoms. The highest BCUT2D eigenvalue weighted by Gasteiger charge is 2.22. The molecule has 0 aromatic heterocycles. The number of rotatable bonds is 9. The summed E-state index contributed by atoms with van der Waals surface area (Å²) >= 11 is 1.58. The molecule has 7 heteroatoms. The highest BCUT2D eigenvalue weighted by molar-refractivity contribution is 7.98. The number of hydrogen-bond donors (Lipinski definition) is 2. The van der Waals surface area contributed by atoms with E-state index in [9.17, 15) is 12.8 Å². The lowest BCUT2D eigenvalue weighted by atomic mass is 10.2. The summed E-state index contributed by atoms with van der Waals surface area (Å²) in [6.07, 6.45) is 2.62. The molecule has 0 heterocycles. The van der Waals surface area contributed by atoms with Gasteiger partial charge >= 0.3 is 0 Å². The normalized spacial score (nSPS) is 13.3. The van der Waals surface area contributed by atoms with Crippen molar-refractivity contribution in [2.75, 3.05) is 18.6 Å². The maximum Gasteiger partial charge on any atom is 0.241 e. The van der Waals surface area contributed by atoms with Gasteiger partial charge in [0.2, 0.25) is 10.0 Å². The second-order valence-corrected chi connectivity index (χ2v) is 7.31. The van der Waals surface area contributed by atoms with Gasteiger partial charge in [-0.1, -0.05) is 19.9 Å². The van der Waals surface area contributed by atoms with Crippen molar-refractivity contribution < 1.29 is 12.8 Å². The van der Waals surface area contributed by atoms with Crippen LogP contribution in [0.25, 0.3) is 0 Å². The summed E-state index contributed by atoms with van der Waals surface area (Å²) in [6, 6.07) is 3.73. The Hall–Kier alpha value is -0.630. The molecule has 0 bridgehead atoms. The minimum Gasteiger partial charge on any atom is -0.313 e. The Kier molecular flexibility index (Phi) is 7.65. The first-order chi connectivity index (χ1) is 9.94. The Morgan fingerprint density at radius 1 is 1.33 bits per heavy atom. The summed E-state index contributed by atoms with van der Waals surface area (Å²) in [5, 5.41) is 3.07. The van der Waals surface area contributed by atoms with Crippen molar-refractivity contribution in [3.63, 3.8) is 0 Å². The molecule has 0 spiro atoms. The van der Waals surface area contributed by atoms with E-state index in [-0.39, 0.29) is 10.9 Å². The number of halogens is 1. The van der Waals surface area contributed by atoms with Gasteiger partial charge in [-0.3, -0.25) is 0 Å². The van der Waals surface area contributed by atoms with Gasteiger partial charge in [-0.2, -0.15) is 11.8 Å². The van der Waals surface area contributed by atoms with Crippen LogP contribution in [0.15, 0.2) is 23.1 Å². The van der Waals surface area contributed by atoms with Gasteiger partial charge in [0.1, 0.15) is 5.82 Å². The molecule has 1 aromatic rings. The molecule has 2 N–H and O–H groups in total. The molecule has 4 nitrogen and oxygen atoms in total. The highest BCUT2D eigenvalue weighted by Crippen LogP contribution is 2.18. The van der Waals surface area contributed by atoms with Crippen molar-refractivity contribution in [2.24, 2.45) is 0 Å². The maximum absolute atomic E-state index is 13.5. The van der Waals surface area contributed by atoms with E-state index < -0.39 is 15.8 Å². The lowest BCUT2D eigenvalue weighted by molar-refractivity contribution is 0.553.